The van der Waals surface area contributed by atoms with Gasteiger partial charge in [-0.1, -0.05) is 60.7 Å². The summed E-state index contributed by atoms with van der Waals surface area (Å²) in [5, 5.41) is 0.593. The number of pyridine rings is 1. The predicted molar refractivity (Wildman–Crippen MR) is 161 cm³/mol. The van der Waals surface area contributed by atoms with E-state index in [4.69, 9.17) is 14.2 Å². The number of anilines is 1. The second-order valence-corrected chi connectivity index (χ2v) is 11.0. The Labute approximate surface area is 244 Å². The van der Waals surface area contributed by atoms with Crippen LogP contribution in [0, 0.1) is 5.82 Å². The van der Waals surface area contributed by atoms with Crippen LogP contribution in [0.1, 0.15) is 11.1 Å². The number of benzene rings is 4. The zero-order chi connectivity index (χ0) is 29.5. The van der Waals surface area contributed by atoms with Gasteiger partial charge in [-0.2, -0.15) is 13.1 Å². The molecule has 8 nitrogen and oxygen atoms in total. The van der Waals surface area contributed by atoms with Gasteiger partial charge in [0.2, 0.25) is 0 Å². The molecule has 1 aromatic heterocycles. The first-order valence-corrected chi connectivity index (χ1v) is 14.7. The van der Waals surface area contributed by atoms with Gasteiger partial charge >= 0.3 is 10.2 Å². The van der Waals surface area contributed by atoms with Crippen molar-refractivity contribution in [3.63, 3.8) is 0 Å². The molecule has 0 saturated carbocycles. The minimum absolute atomic E-state index is 0.0707. The fourth-order valence-corrected chi connectivity index (χ4v) is 5.72. The predicted octanol–water partition coefficient (Wildman–Crippen LogP) is 6.27. The molecule has 0 radical (unpaired) electrons. The maximum Gasteiger partial charge on any atom is 0.301 e. The van der Waals surface area contributed by atoms with Crippen LogP contribution >= 0.6 is 0 Å². The largest absolute Gasteiger partial charge is 0.493 e. The highest BCUT2D eigenvalue weighted by Gasteiger charge is 2.24. The van der Waals surface area contributed by atoms with E-state index in [0.717, 1.165) is 17.2 Å². The standard InChI is InChI=1S/C32H30FN3O5S/c1-39-31-20-26-28(21-32(31)40-2)34-17-15-29(26)41-30-14-13-25(19-27(30)33)36(18-16-23-9-5-3-6-10-23)42(37,38)35-22-24-11-7-4-8-12-24/h3-15,17,19-21,35H,16,18,22H2,1-2H3. The van der Waals surface area contributed by atoms with Gasteiger partial charge in [0, 0.05) is 36.8 Å². The molecule has 5 aromatic rings. The summed E-state index contributed by atoms with van der Waals surface area (Å²) in [6.07, 6.45) is 1.98. The molecule has 0 unspecified atom stereocenters. The van der Waals surface area contributed by atoms with E-state index < -0.39 is 16.0 Å². The van der Waals surface area contributed by atoms with Gasteiger partial charge in [-0.15, -0.1) is 0 Å². The third kappa shape index (κ3) is 6.62. The second-order valence-electron chi connectivity index (χ2n) is 9.37. The van der Waals surface area contributed by atoms with E-state index in [9.17, 15) is 8.42 Å². The van der Waals surface area contributed by atoms with E-state index in [-0.39, 0.29) is 24.5 Å². The Morgan fingerprint density at radius 1 is 0.786 bits per heavy atom. The lowest BCUT2D eigenvalue weighted by molar-refractivity contribution is 0.355. The van der Waals surface area contributed by atoms with Crippen LogP contribution in [0.5, 0.6) is 23.0 Å². The molecule has 0 spiro atoms. The van der Waals surface area contributed by atoms with E-state index in [1.807, 2.05) is 60.7 Å². The first-order chi connectivity index (χ1) is 20.4. The van der Waals surface area contributed by atoms with Crippen LogP contribution in [-0.2, 0) is 23.2 Å². The third-order valence-electron chi connectivity index (χ3n) is 6.67. The van der Waals surface area contributed by atoms with Crippen molar-refractivity contribution in [1.29, 1.82) is 0 Å². The number of hydrogen-bond donors (Lipinski definition) is 1. The number of halogens is 1. The average Bonchev–Trinajstić information content (AvgIpc) is 3.01. The van der Waals surface area contributed by atoms with Gasteiger partial charge in [-0.05, 0) is 41.8 Å². The summed E-state index contributed by atoms with van der Waals surface area (Å²) >= 11 is 0. The molecule has 216 valence electrons. The molecule has 1 heterocycles. The summed E-state index contributed by atoms with van der Waals surface area (Å²) < 4.78 is 63.1. The van der Waals surface area contributed by atoms with Crippen molar-refractivity contribution in [2.45, 2.75) is 13.0 Å². The summed E-state index contributed by atoms with van der Waals surface area (Å²) in [5.74, 6) is 0.536. The Morgan fingerprint density at radius 2 is 1.45 bits per heavy atom. The number of fused-ring (bicyclic) bond motifs is 1. The lowest BCUT2D eigenvalue weighted by Gasteiger charge is -2.25. The van der Waals surface area contributed by atoms with Gasteiger partial charge in [-0.25, -0.2) is 4.39 Å². The fourth-order valence-electron chi connectivity index (χ4n) is 4.49. The lowest BCUT2D eigenvalue weighted by Crippen LogP contribution is -2.41. The average molecular weight is 588 g/mol. The van der Waals surface area contributed by atoms with Crippen LogP contribution in [0.25, 0.3) is 10.9 Å². The Bertz CT molecular complexity index is 1770. The highest BCUT2D eigenvalue weighted by Crippen LogP contribution is 2.38. The van der Waals surface area contributed by atoms with Gasteiger partial charge in [0.05, 0.1) is 25.4 Å². The van der Waals surface area contributed by atoms with Crippen LogP contribution in [0.2, 0.25) is 0 Å². The number of ether oxygens (including phenoxy) is 3. The Hall–Kier alpha value is -4.67. The second kappa shape index (κ2) is 12.9. The van der Waals surface area contributed by atoms with Crippen molar-refractivity contribution in [2.24, 2.45) is 0 Å². The molecule has 0 aliphatic rings. The molecule has 0 aliphatic heterocycles. The molecule has 4 aromatic carbocycles. The van der Waals surface area contributed by atoms with Crippen molar-refractivity contribution >= 4 is 26.8 Å². The van der Waals surface area contributed by atoms with E-state index in [1.54, 1.807) is 24.4 Å². The number of methoxy groups -OCH3 is 2. The fraction of sp³-hybridized carbons (Fsp3) is 0.156. The van der Waals surface area contributed by atoms with Crippen LogP contribution in [0.4, 0.5) is 10.1 Å². The van der Waals surface area contributed by atoms with Crippen molar-refractivity contribution in [1.82, 2.24) is 9.71 Å². The Balaban J connectivity index is 1.43. The smallest absolute Gasteiger partial charge is 0.301 e. The zero-order valence-electron chi connectivity index (χ0n) is 23.2. The minimum Gasteiger partial charge on any atom is -0.493 e. The summed E-state index contributed by atoms with van der Waals surface area (Å²) in [4.78, 5) is 4.35. The number of nitrogens with one attached hydrogen (secondary N) is 1. The molecule has 42 heavy (non-hydrogen) atoms. The first kappa shape index (κ1) is 28.8. The maximum absolute atomic E-state index is 15.5. The molecule has 10 heteroatoms. The first-order valence-electron chi connectivity index (χ1n) is 13.2. The number of aromatic nitrogens is 1. The topological polar surface area (TPSA) is 90.0 Å². The van der Waals surface area contributed by atoms with Crippen LogP contribution in [0.15, 0.2) is 103 Å². The summed E-state index contributed by atoms with van der Waals surface area (Å²) in [5.41, 5.74) is 2.50. The van der Waals surface area contributed by atoms with Gasteiger partial charge in [0.25, 0.3) is 0 Å². The molecule has 1 N–H and O–H groups in total. The van der Waals surface area contributed by atoms with Crippen molar-refractivity contribution in [3.05, 3.63) is 120 Å². The molecular weight excluding hydrogens is 557 g/mol. The molecule has 0 saturated heterocycles. The Kier molecular flexibility index (Phi) is 8.85. The maximum atomic E-state index is 15.5. The number of hydrogen-bond acceptors (Lipinski definition) is 6. The van der Waals surface area contributed by atoms with Gasteiger partial charge in [0.1, 0.15) is 5.75 Å². The molecule has 0 bridgehead atoms. The summed E-state index contributed by atoms with van der Waals surface area (Å²) in [6.45, 7) is 0.197. The SMILES string of the molecule is COc1cc2nccc(Oc3ccc(N(CCc4ccccc4)S(=O)(=O)NCc4ccccc4)cc3F)c2cc1OC. The van der Waals surface area contributed by atoms with Crippen molar-refractivity contribution in [3.8, 4) is 23.0 Å². The third-order valence-corrected chi connectivity index (χ3v) is 8.15. The van der Waals surface area contributed by atoms with Gasteiger partial charge < -0.3 is 14.2 Å². The Morgan fingerprint density at radius 3 is 2.12 bits per heavy atom. The van der Waals surface area contributed by atoms with E-state index in [0.29, 0.717) is 34.6 Å². The highest BCUT2D eigenvalue weighted by molar-refractivity contribution is 7.90. The number of rotatable bonds is 12. The molecule has 5 rings (SSSR count). The normalized spacial score (nSPS) is 11.3. The zero-order valence-corrected chi connectivity index (χ0v) is 24.0. The van der Waals surface area contributed by atoms with E-state index in [2.05, 4.69) is 9.71 Å². The summed E-state index contributed by atoms with van der Waals surface area (Å²) in [7, 11) is -0.985. The molecule has 0 fully saturated rings. The quantitative estimate of drug-likeness (QED) is 0.185. The minimum atomic E-state index is -4.03. The van der Waals surface area contributed by atoms with Crippen LogP contribution in [0.3, 0.4) is 0 Å². The molecule has 0 atom stereocenters. The van der Waals surface area contributed by atoms with Crippen molar-refractivity contribution in [2.75, 3.05) is 25.1 Å². The lowest BCUT2D eigenvalue weighted by atomic mass is 10.1. The van der Waals surface area contributed by atoms with Crippen LogP contribution < -0.4 is 23.2 Å². The highest BCUT2D eigenvalue weighted by atomic mass is 32.2. The van der Waals surface area contributed by atoms with Crippen molar-refractivity contribution < 1.29 is 27.0 Å². The number of nitrogens with zero attached hydrogens (tertiary/aromatic N) is 2. The van der Waals surface area contributed by atoms with Gasteiger partial charge in [-0.3, -0.25) is 9.29 Å². The van der Waals surface area contributed by atoms with E-state index >= 15 is 4.39 Å². The molecule has 0 aliphatic carbocycles. The monoisotopic (exact) mass is 587 g/mol. The van der Waals surface area contributed by atoms with E-state index in [1.165, 1.54) is 30.7 Å². The molecule has 0 amide bonds. The summed E-state index contributed by atoms with van der Waals surface area (Å²) in [6, 6.07) is 27.8. The molecular formula is C32H30FN3O5S. The van der Waals surface area contributed by atoms with Crippen LogP contribution in [-0.4, -0.2) is 34.2 Å². The van der Waals surface area contributed by atoms with Gasteiger partial charge in [0.15, 0.2) is 23.1 Å².